The van der Waals surface area contributed by atoms with Crippen LogP contribution in [-0.4, -0.2) is 17.5 Å². The van der Waals surface area contributed by atoms with Gasteiger partial charge in [0.2, 0.25) is 0 Å². The Labute approximate surface area is 173 Å². The average molecular weight is 401 g/mol. The zero-order valence-electron chi connectivity index (χ0n) is 15.7. The maximum atomic E-state index is 12.1. The van der Waals surface area contributed by atoms with Crippen LogP contribution in [0.1, 0.15) is 5.56 Å². The highest BCUT2D eigenvalue weighted by Gasteiger charge is 2.06. The van der Waals surface area contributed by atoms with Gasteiger partial charge in [-0.3, -0.25) is 9.78 Å². The summed E-state index contributed by atoms with van der Waals surface area (Å²) < 4.78 is 5.61. The van der Waals surface area contributed by atoms with Crippen molar-refractivity contribution in [3.63, 3.8) is 0 Å². The molecular formula is C24H20N2O2S. The van der Waals surface area contributed by atoms with Gasteiger partial charge in [0.15, 0.2) is 6.61 Å². The molecule has 0 atom stereocenters. The fourth-order valence-corrected chi connectivity index (χ4v) is 3.61. The van der Waals surface area contributed by atoms with Gasteiger partial charge in [-0.15, -0.1) is 11.3 Å². The van der Waals surface area contributed by atoms with E-state index in [1.807, 2.05) is 72.1 Å². The molecule has 1 amide bonds. The lowest BCUT2D eigenvalue weighted by atomic mass is 10.1. The molecule has 0 spiro atoms. The highest BCUT2D eigenvalue weighted by atomic mass is 32.1. The lowest BCUT2D eigenvalue weighted by molar-refractivity contribution is -0.123. The zero-order valence-corrected chi connectivity index (χ0v) is 16.6. The van der Waals surface area contributed by atoms with Crippen LogP contribution >= 0.6 is 11.3 Å². The second-order valence-corrected chi connectivity index (χ2v) is 7.43. The van der Waals surface area contributed by atoms with Crippen molar-refractivity contribution in [3.05, 3.63) is 96.0 Å². The van der Waals surface area contributed by atoms with Gasteiger partial charge in [0.05, 0.1) is 10.6 Å². The summed E-state index contributed by atoms with van der Waals surface area (Å²) >= 11 is 1.64. The smallest absolute Gasteiger partial charge is 0.258 e. The zero-order chi connectivity index (χ0) is 19.9. The number of carbonyl (C=O) groups is 1. The number of carbonyl (C=O) groups excluding carboxylic acids is 1. The molecule has 2 aromatic heterocycles. The number of nitrogens with zero attached hydrogens (tertiary/aromatic N) is 1. The molecule has 4 rings (SSSR count). The standard InChI is InChI=1S/C24H20N2O2S/c27-24(26-16-18-12-13-25-22(15-18)23-7-4-14-29-23)17-28-21-10-8-20(9-11-21)19-5-2-1-3-6-19/h1-15H,16-17H2,(H,26,27). The number of benzene rings is 2. The fourth-order valence-electron chi connectivity index (χ4n) is 2.92. The van der Waals surface area contributed by atoms with E-state index in [0.717, 1.165) is 27.3 Å². The van der Waals surface area contributed by atoms with Gasteiger partial charge in [0.25, 0.3) is 5.91 Å². The maximum absolute atomic E-state index is 12.1. The van der Waals surface area contributed by atoms with Gasteiger partial charge in [-0.25, -0.2) is 0 Å². The van der Waals surface area contributed by atoms with E-state index >= 15 is 0 Å². The van der Waals surface area contributed by atoms with Crippen LogP contribution in [0.3, 0.4) is 0 Å². The molecule has 144 valence electrons. The number of nitrogens with one attached hydrogen (secondary N) is 1. The summed E-state index contributed by atoms with van der Waals surface area (Å²) in [6.45, 7) is 0.420. The van der Waals surface area contributed by atoms with Crippen LogP contribution in [-0.2, 0) is 11.3 Å². The quantitative estimate of drug-likeness (QED) is 0.465. The number of thiophene rings is 1. The third kappa shape index (κ3) is 5.09. The van der Waals surface area contributed by atoms with Gasteiger partial charge in [-0.2, -0.15) is 0 Å². The SMILES string of the molecule is O=C(COc1ccc(-c2ccccc2)cc1)NCc1ccnc(-c2cccs2)c1. The summed E-state index contributed by atoms with van der Waals surface area (Å²) in [6.07, 6.45) is 1.77. The predicted octanol–water partition coefficient (Wildman–Crippen LogP) is 5.17. The molecule has 4 nitrogen and oxygen atoms in total. The van der Waals surface area contributed by atoms with Gasteiger partial charge >= 0.3 is 0 Å². The minimum Gasteiger partial charge on any atom is -0.484 e. The van der Waals surface area contributed by atoms with E-state index in [0.29, 0.717) is 12.3 Å². The second kappa shape index (κ2) is 9.17. The van der Waals surface area contributed by atoms with Crippen LogP contribution in [0.25, 0.3) is 21.7 Å². The van der Waals surface area contributed by atoms with Crippen LogP contribution in [0.15, 0.2) is 90.4 Å². The maximum Gasteiger partial charge on any atom is 0.258 e. The van der Waals surface area contributed by atoms with Crippen LogP contribution in [0.2, 0.25) is 0 Å². The molecule has 0 aliphatic heterocycles. The van der Waals surface area contributed by atoms with Gasteiger partial charge in [0.1, 0.15) is 5.75 Å². The summed E-state index contributed by atoms with van der Waals surface area (Å²) in [7, 11) is 0. The number of hydrogen-bond acceptors (Lipinski definition) is 4. The Morgan fingerprint density at radius 1 is 0.931 bits per heavy atom. The number of amides is 1. The average Bonchev–Trinajstić information content (AvgIpc) is 3.33. The largest absolute Gasteiger partial charge is 0.484 e. The van der Waals surface area contributed by atoms with Crippen molar-refractivity contribution in [2.24, 2.45) is 0 Å². The van der Waals surface area contributed by atoms with Crippen molar-refractivity contribution in [1.82, 2.24) is 10.3 Å². The molecule has 29 heavy (non-hydrogen) atoms. The summed E-state index contributed by atoms with van der Waals surface area (Å²) in [5.74, 6) is 0.510. The third-order valence-corrected chi connectivity index (χ3v) is 5.31. The Kier molecular flexibility index (Phi) is 5.98. The fraction of sp³-hybridized carbons (Fsp3) is 0.0833. The van der Waals surface area contributed by atoms with Crippen LogP contribution in [0.5, 0.6) is 5.75 Å². The van der Waals surface area contributed by atoms with Crippen LogP contribution in [0.4, 0.5) is 0 Å². The van der Waals surface area contributed by atoms with Gasteiger partial charge in [-0.1, -0.05) is 48.5 Å². The molecule has 0 bridgehead atoms. The van der Waals surface area contributed by atoms with Crippen molar-refractivity contribution < 1.29 is 9.53 Å². The Balaban J connectivity index is 1.28. The summed E-state index contributed by atoms with van der Waals surface area (Å²) in [5, 5.41) is 4.91. The monoisotopic (exact) mass is 400 g/mol. The summed E-state index contributed by atoms with van der Waals surface area (Å²) in [5.41, 5.74) is 4.18. The molecule has 0 saturated carbocycles. The van der Waals surface area contributed by atoms with Crippen molar-refractivity contribution >= 4 is 17.2 Å². The van der Waals surface area contributed by atoms with Crippen molar-refractivity contribution in [3.8, 4) is 27.4 Å². The Morgan fingerprint density at radius 3 is 2.48 bits per heavy atom. The van der Waals surface area contributed by atoms with E-state index in [9.17, 15) is 4.79 Å². The van der Waals surface area contributed by atoms with Gasteiger partial charge in [0, 0.05) is 12.7 Å². The molecule has 0 radical (unpaired) electrons. The minimum absolute atomic E-state index is 0.0203. The number of pyridine rings is 1. The molecule has 2 heterocycles. The lowest BCUT2D eigenvalue weighted by Crippen LogP contribution is -2.28. The van der Waals surface area contributed by atoms with E-state index < -0.39 is 0 Å². The van der Waals surface area contributed by atoms with Gasteiger partial charge in [-0.05, 0) is 52.4 Å². The molecule has 0 fully saturated rings. The Hall–Kier alpha value is -3.44. The van der Waals surface area contributed by atoms with Crippen molar-refractivity contribution in [2.45, 2.75) is 6.54 Å². The van der Waals surface area contributed by atoms with E-state index in [1.54, 1.807) is 17.5 Å². The third-order valence-electron chi connectivity index (χ3n) is 4.42. The van der Waals surface area contributed by atoms with Gasteiger partial charge < -0.3 is 10.1 Å². The lowest BCUT2D eigenvalue weighted by Gasteiger charge is -2.09. The number of ether oxygens (including phenoxy) is 1. The Morgan fingerprint density at radius 2 is 1.72 bits per heavy atom. The molecule has 0 aliphatic rings. The topological polar surface area (TPSA) is 51.2 Å². The molecule has 0 aliphatic carbocycles. The molecule has 5 heteroatoms. The molecule has 2 aromatic carbocycles. The second-order valence-electron chi connectivity index (χ2n) is 6.48. The Bertz CT molecular complexity index is 1060. The first-order chi connectivity index (χ1) is 14.3. The number of rotatable bonds is 7. The number of aromatic nitrogens is 1. The highest BCUT2D eigenvalue weighted by molar-refractivity contribution is 7.13. The van der Waals surface area contributed by atoms with E-state index in [-0.39, 0.29) is 12.5 Å². The van der Waals surface area contributed by atoms with Crippen LogP contribution < -0.4 is 10.1 Å². The molecule has 1 N–H and O–H groups in total. The molecule has 4 aromatic rings. The summed E-state index contributed by atoms with van der Waals surface area (Å²) in [6, 6.07) is 25.8. The minimum atomic E-state index is -0.161. The number of hydrogen-bond donors (Lipinski definition) is 1. The first-order valence-electron chi connectivity index (χ1n) is 9.32. The van der Waals surface area contributed by atoms with E-state index in [4.69, 9.17) is 4.74 Å². The molecule has 0 unspecified atom stereocenters. The molecular weight excluding hydrogens is 380 g/mol. The van der Waals surface area contributed by atoms with Crippen molar-refractivity contribution in [2.75, 3.05) is 6.61 Å². The van der Waals surface area contributed by atoms with E-state index in [1.165, 1.54) is 0 Å². The first-order valence-corrected chi connectivity index (χ1v) is 10.2. The molecule has 0 saturated heterocycles. The van der Waals surface area contributed by atoms with E-state index in [2.05, 4.69) is 22.4 Å². The summed E-state index contributed by atoms with van der Waals surface area (Å²) in [4.78, 5) is 17.6. The normalized spacial score (nSPS) is 10.5. The first kappa shape index (κ1) is 18.9. The highest BCUT2D eigenvalue weighted by Crippen LogP contribution is 2.23. The van der Waals surface area contributed by atoms with Crippen LogP contribution in [0, 0.1) is 0 Å². The van der Waals surface area contributed by atoms with Crippen molar-refractivity contribution in [1.29, 1.82) is 0 Å². The predicted molar refractivity (Wildman–Crippen MR) is 117 cm³/mol.